The Morgan fingerprint density at radius 3 is 2.65 bits per heavy atom. The van der Waals surface area contributed by atoms with Crippen LogP contribution in [0.2, 0.25) is 0 Å². The number of fused-ring (bicyclic) bond motifs is 1. The number of nitrogens with zero attached hydrogens (tertiary/aromatic N) is 1. The summed E-state index contributed by atoms with van der Waals surface area (Å²) in [7, 11) is 0. The summed E-state index contributed by atoms with van der Waals surface area (Å²) < 4.78 is 5.08. The minimum absolute atomic E-state index is 0.224. The average Bonchev–Trinajstić information content (AvgIpc) is 2.45. The van der Waals surface area contributed by atoms with Crippen LogP contribution in [0.5, 0.6) is 0 Å². The first-order chi connectivity index (χ1) is 9.54. The van der Waals surface area contributed by atoms with Gasteiger partial charge in [0, 0.05) is 13.0 Å². The highest BCUT2D eigenvalue weighted by atomic mass is 16.5. The van der Waals surface area contributed by atoms with Crippen LogP contribution >= 0.6 is 0 Å². The summed E-state index contributed by atoms with van der Waals surface area (Å²) in [6.45, 7) is 4.09. The van der Waals surface area contributed by atoms with E-state index in [2.05, 4.69) is 0 Å². The van der Waals surface area contributed by atoms with Crippen LogP contribution in [0.3, 0.4) is 0 Å². The molecule has 1 aliphatic heterocycles. The van der Waals surface area contributed by atoms with Gasteiger partial charge in [-0.1, -0.05) is 24.3 Å². The van der Waals surface area contributed by atoms with Crippen LogP contribution in [0.1, 0.15) is 25.0 Å². The number of ether oxygens (including phenoxy) is 1. The van der Waals surface area contributed by atoms with Crippen molar-refractivity contribution in [3.05, 3.63) is 35.4 Å². The van der Waals surface area contributed by atoms with Crippen molar-refractivity contribution in [2.45, 2.75) is 38.9 Å². The molecule has 5 heteroatoms. The van der Waals surface area contributed by atoms with E-state index in [0.29, 0.717) is 19.6 Å². The molecular weight excluding hydrogens is 256 g/mol. The van der Waals surface area contributed by atoms with Crippen LogP contribution in [-0.2, 0) is 27.3 Å². The van der Waals surface area contributed by atoms with Gasteiger partial charge in [-0.25, -0.2) is 4.79 Å². The fourth-order valence-corrected chi connectivity index (χ4v) is 2.47. The summed E-state index contributed by atoms with van der Waals surface area (Å²) in [6.07, 6.45) is 0.480. The van der Waals surface area contributed by atoms with E-state index in [4.69, 9.17) is 10.5 Å². The maximum atomic E-state index is 12.2. The predicted molar refractivity (Wildman–Crippen MR) is 74.8 cm³/mol. The van der Waals surface area contributed by atoms with Gasteiger partial charge in [0.15, 0.2) is 0 Å². The summed E-state index contributed by atoms with van der Waals surface area (Å²) in [5, 5.41) is 0. The quantitative estimate of drug-likeness (QED) is 0.831. The van der Waals surface area contributed by atoms with Gasteiger partial charge in [-0.15, -0.1) is 0 Å². The molecule has 1 aliphatic rings. The SMILES string of the molecule is CCOC(=O)[C@H]1Cc2ccccc2CN1C(=O)[C@H](C)N. The van der Waals surface area contributed by atoms with E-state index < -0.39 is 12.1 Å². The molecule has 0 aromatic heterocycles. The van der Waals surface area contributed by atoms with E-state index >= 15 is 0 Å². The number of rotatable bonds is 3. The molecule has 2 rings (SSSR count). The minimum Gasteiger partial charge on any atom is -0.464 e. The topological polar surface area (TPSA) is 72.6 Å². The molecule has 20 heavy (non-hydrogen) atoms. The van der Waals surface area contributed by atoms with Crippen LogP contribution in [0.15, 0.2) is 24.3 Å². The first-order valence-electron chi connectivity index (χ1n) is 6.84. The highest BCUT2D eigenvalue weighted by Crippen LogP contribution is 2.24. The van der Waals surface area contributed by atoms with Crippen molar-refractivity contribution >= 4 is 11.9 Å². The zero-order valence-electron chi connectivity index (χ0n) is 11.8. The minimum atomic E-state index is -0.628. The molecule has 0 bridgehead atoms. The second-order valence-electron chi connectivity index (χ2n) is 5.00. The highest BCUT2D eigenvalue weighted by Gasteiger charge is 2.36. The highest BCUT2D eigenvalue weighted by molar-refractivity contribution is 5.88. The van der Waals surface area contributed by atoms with Crippen LogP contribution in [0.4, 0.5) is 0 Å². The molecule has 5 nitrogen and oxygen atoms in total. The van der Waals surface area contributed by atoms with E-state index in [1.54, 1.807) is 13.8 Å². The van der Waals surface area contributed by atoms with Crippen molar-refractivity contribution in [2.24, 2.45) is 5.73 Å². The molecule has 0 saturated heterocycles. The molecule has 1 heterocycles. The molecule has 0 radical (unpaired) electrons. The monoisotopic (exact) mass is 276 g/mol. The van der Waals surface area contributed by atoms with Gasteiger partial charge in [-0.2, -0.15) is 0 Å². The summed E-state index contributed by atoms with van der Waals surface area (Å²) in [5.41, 5.74) is 7.82. The molecule has 0 spiro atoms. The Bertz CT molecular complexity index is 514. The lowest BCUT2D eigenvalue weighted by molar-refractivity contribution is -0.156. The molecule has 2 atom stereocenters. The van der Waals surface area contributed by atoms with Crippen LogP contribution < -0.4 is 5.73 Å². The summed E-state index contributed by atoms with van der Waals surface area (Å²) in [4.78, 5) is 25.8. The molecule has 0 fully saturated rings. The Hall–Kier alpha value is -1.88. The van der Waals surface area contributed by atoms with Gasteiger partial charge >= 0.3 is 5.97 Å². The van der Waals surface area contributed by atoms with Crippen molar-refractivity contribution < 1.29 is 14.3 Å². The first-order valence-corrected chi connectivity index (χ1v) is 6.84. The second-order valence-corrected chi connectivity index (χ2v) is 5.00. The smallest absolute Gasteiger partial charge is 0.329 e. The molecule has 1 aromatic rings. The van der Waals surface area contributed by atoms with Gasteiger partial charge in [-0.3, -0.25) is 4.79 Å². The second kappa shape index (κ2) is 6.05. The molecule has 0 unspecified atom stereocenters. The maximum Gasteiger partial charge on any atom is 0.329 e. The lowest BCUT2D eigenvalue weighted by atomic mass is 9.93. The number of carbonyl (C=O) groups excluding carboxylic acids is 2. The van der Waals surface area contributed by atoms with Gasteiger partial charge in [0.25, 0.3) is 0 Å². The number of nitrogens with two attached hydrogens (primary N) is 1. The lowest BCUT2D eigenvalue weighted by Gasteiger charge is -2.36. The summed E-state index contributed by atoms with van der Waals surface area (Å²) >= 11 is 0. The molecule has 0 aliphatic carbocycles. The van der Waals surface area contributed by atoms with Crippen LogP contribution in [0, 0.1) is 0 Å². The molecule has 1 aromatic carbocycles. The number of benzene rings is 1. The Labute approximate surface area is 118 Å². The summed E-state index contributed by atoms with van der Waals surface area (Å²) in [5.74, 6) is -0.589. The van der Waals surface area contributed by atoms with Gasteiger partial charge in [-0.05, 0) is 25.0 Å². The van der Waals surface area contributed by atoms with Gasteiger partial charge in [0.1, 0.15) is 6.04 Å². The maximum absolute atomic E-state index is 12.2. The number of carbonyl (C=O) groups is 2. The Balaban J connectivity index is 2.31. The van der Waals surface area contributed by atoms with E-state index in [1.165, 1.54) is 4.90 Å². The zero-order valence-corrected chi connectivity index (χ0v) is 11.8. The van der Waals surface area contributed by atoms with Crippen molar-refractivity contribution in [1.29, 1.82) is 0 Å². The van der Waals surface area contributed by atoms with Gasteiger partial charge in [0.05, 0.1) is 12.6 Å². The number of amides is 1. The standard InChI is InChI=1S/C15H20N2O3/c1-3-20-15(19)13-8-11-6-4-5-7-12(11)9-17(13)14(18)10(2)16/h4-7,10,13H,3,8-9,16H2,1-2H3/t10-,13+/m0/s1. The fraction of sp³-hybridized carbons (Fsp3) is 0.467. The molecular formula is C15H20N2O3. The largest absolute Gasteiger partial charge is 0.464 e. The third-order valence-electron chi connectivity index (χ3n) is 3.48. The average molecular weight is 276 g/mol. The number of esters is 1. The zero-order chi connectivity index (χ0) is 14.7. The molecule has 108 valence electrons. The fourth-order valence-electron chi connectivity index (χ4n) is 2.47. The molecule has 2 N–H and O–H groups in total. The van der Waals surface area contributed by atoms with E-state index in [9.17, 15) is 9.59 Å². The third-order valence-corrected chi connectivity index (χ3v) is 3.48. The number of hydrogen-bond acceptors (Lipinski definition) is 4. The Morgan fingerprint density at radius 2 is 2.05 bits per heavy atom. The van der Waals surface area contributed by atoms with Crippen molar-refractivity contribution in [2.75, 3.05) is 6.61 Å². The molecule has 1 amide bonds. The van der Waals surface area contributed by atoms with E-state index in [0.717, 1.165) is 11.1 Å². The van der Waals surface area contributed by atoms with Gasteiger partial charge < -0.3 is 15.4 Å². The summed E-state index contributed by atoms with van der Waals surface area (Å²) in [6, 6.07) is 6.61. The van der Waals surface area contributed by atoms with Gasteiger partial charge in [0.2, 0.25) is 5.91 Å². The van der Waals surface area contributed by atoms with E-state index in [-0.39, 0.29) is 11.9 Å². The van der Waals surface area contributed by atoms with Crippen LogP contribution in [0.25, 0.3) is 0 Å². The Morgan fingerprint density at radius 1 is 1.40 bits per heavy atom. The van der Waals surface area contributed by atoms with Crippen LogP contribution in [-0.4, -0.2) is 35.5 Å². The van der Waals surface area contributed by atoms with Crippen molar-refractivity contribution in [1.82, 2.24) is 4.90 Å². The predicted octanol–water partition coefficient (Wildman–Crippen LogP) is 0.850. The number of hydrogen-bond donors (Lipinski definition) is 1. The third kappa shape index (κ3) is 2.82. The van der Waals surface area contributed by atoms with Crippen molar-refractivity contribution in [3.63, 3.8) is 0 Å². The normalized spacial score (nSPS) is 19.1. The first kappa shape index (κ1) is 14.5. The van der Waals surface area contributed by atoms with E-state index in [1.807, 2.05) is 24.3 Å². The Kier molecular flexibility index (Phi) is 4.39. The van der Waals surface area contributed by atoms with Crippen molar-refractivity contribution in [3.8, 4) is 0 Å². The molecule has 0 saturated carbocycles. The lowest BCUT2D eigenvalue weighted by Crippen LogP contribution is -2.53.